The zero-order valence-electron chi connectivity index (χ0n) is 13.3. The van der Waals surface area contributed by atoms with Crippen LogP contribution in [0.15, 0.2) is 23.2 Å². The summed E-state index contributed by atoms with van der Waals surface area (Å²) in [4.78, 5) is 4.48. The lowest BCUT2D eigenvalue weighted by molar-refractivity contribution is 0.114. The molecule has 0 aromatic heterocycles. The smallest absolute Gasteiger partial charge is 0.191 e. The first kappa shape index (κ1) is 20.1. The Bertz CT molecular complexity index is 508. The van der Waals surface area contributed by atoms with E-state index < -0.39 is 5.82 Å². The fraction of sp³-hybridized carbons (Fsp3) is 0.562. The first-order chi connectivity index (χ1) is 10.7. The molecular formula is C16H25FIN3O2. The number of aliphatic imine (C=N–C) groups is 1. The molecule has 2 rings (SSSR count). The van der Waals surface area contributed by atoms with Crippen LogP contribution < -0.4 is 10.6 Å². The summed E-state index contributed by atoms with van der Waals surface area (Å²) in [7, 11) is 0. The van der Waals surface area contributed by atoms with Crippen LogP contribution in [-0.4, -0.2) is 36.9 Å². The molecule has 1 aliphatic heterocycles. The number of nitrogens with one attached hydrogen (secondary N) is 2. The molecule has 7 heteroatoms. The number of guanidine groups is 1. The summed E-state index contributed by atoms with van der Waals surface area (Å²) in [5.41, 5.74) is 1.16. The van der Waals surface area contributed by atoms with Gasteiger partial charge < -0.3 is 20.5 Å². The van der Waals surface area contributed by atoms with Crippen LogP contribution in [-0.2, 0) is 17.9 Å². The SMILES string of the molecule is CCNC(=NCc1ccc(F)c(CO)c1)NCC1CCCO1.I. The third kappa shape index (κ3) is 6.60. The molecule has 1 fully saturated rings. The highest BCUT2D eigenvalue weighted by Crippen LogP contribution is 2.12. The molecule has 3 N–H and O–H groups in total. The van der Waals surface area contributed by atoms with Crippen molar-refractivity contribution in [3.05, 3.63) is 35.1 Å². The number of halogens is 2. The molecule has 1 saturated heterocycles. The fourth-order valence-corrected chi connectivity index (χ4v) is 2.38. The van der Waals surface area contributed by atoms with Crippen molar-refractivity contribution in [3.63, 3.8) is 0 Å². The van der Waals surface area contributed by atoms with Crippen molar-refractivity contribution in [2.75, 3.05) is 19.7 Å². The largest absolute Gasteiger partial charge is 0.392 e. The lowest BCUT2D eigenvalue weighted by Gasteiger charge is -2.14. The Morgan fingerprint density at radius 3 is 2.91 bits per heavy atom. The second kappa shape index (κ2) is 10.8. The van der Waals surface area contributed by atoms with E-state index in [-0.39, 0.29) is 36.7 Å². The molecule has 1 atom stereocenters. The summed E-state index contributed by atoms with van der Waals surface area (Å²) < 4.78 is 18.9. The highest BCUT2D eigenvalue weighted by Gasteiger charge is 2.15. The van der Waals surface area contributed by atoms with E-state index >= 15 is 0 Å². The van der Waals surface area contributed by atoms with Crippen molar-refractivity contribution in [2.45, 2.75) is 39.0 Å². The molecule has 0 bridgehead atoms. The van der Waals surface area contributed by atoms with Crippen LogP contribution in [0.25, 0.3) is 0 Å². The van der Waals surface area contributed by atoms with Gasteiger partial charge >= 0.3 is 0 Å². The molecule has 0 aliphatic carbocycles. The predicted octanol–water partition coefficient (Wildman–Crippen LogP) is 2.17. The monoisotopic (exact) mass is 437 g/mol. The maximum Gasteiger partial charge on any atom is 0.191 e. The molecule has 0 saturated carbocycles. The minimum absolute atomic E-state index is 0. The van der Waals surface area contributed by atoms with Gasteiger partial charge in [-0.05, 0) is 37.5 Å². The molecule has 1 unspecified atom stereocenters. The van der Waals surface area contributed by atoms with Crippen LogP contribution in [0, 0.1) is 5.82 Å². The Labute approximate surface area is 153 Å². The average molecular weight is 437 g/mol. The van der Waals surface area contributed by atoms with Crippen molar-refractivity contribution in [3.8, 4) is 0 Å². The zero-order valence-corrected chi connectivity index (χ0v) is 15.7. The molecule has 1 aliphatic rings. The van der Waals surface area contributed by atoms with Crippen LogP contribution in [0.2, 0.25) is 0 Å². The molecule has 0 amide bonds. The predicted molar refractivity (Wildman–Crippen MR) is 99.5 cm³/mol. The van der Waals surface area contributed by atoms with E-state index in [1.807, 2.05) is 6.92 Å². The van der Waals surface area contributed by atoms with Gasteiger partial charge in [0.15, 0.2) is 5.96 Å². The molecule has 0 radical (unpaired) electrons. The van der Waals surface area contributed by atoms with Gasteiger partial charge in [0.05, 0.1) is 19.3 Å². The summed E-state index contributed by atoms with van der Waals surface area (Å²) in [6.07, 6.45) is 2.43. The lowest BCUT2D eigenvalue weighted by atomic mass is 10.1. The topological polar surface area (TPSA) is 65.9 Å². The maximum atomic E-state index is 13.3. The molecule has 1 heterocycles. The second-order valence-corrected chi connectivity index (χ2v) is 5.29. The number of ether oxygens (including phenoxy) is 1. The molecule has 0 spiro atoms. The molecule has 5 nitrogen and oxygen atoms in total. The van der Waals surface area contributed by atoms with Crippen molar-refractivity contribution >= 4 is 29.9 Å². The lowest BCUT2D eigenvalue weighted by Crippen LogP contribution is -2.41. The van der Waals surface area contributed by atoms with Crippen molar-refractivity contribution in [1.82, 2.24) is 10.6 Å². The Hall–Kier alpha value is -0.930. The Morgan fingerprint density at radius 2 is 2.26 bits per heavy atom. The van der Waals surface area contributed by atoms with E-state index in [1.165, 1.54) is 6.07 Å². The molecular weight excluding hydrogens is 412 g/mol. The maximum absolute atomic E-state index is 13.3. The molecule has 130 valence electrons. The quantitative estimate of drug-likeness (QED) is 0.363. The normalized spacial score (nSPS) is 17.7. The minimum atomic E-state index is -0.390. The number of aliphatic hydroxyl groups is 1. The first-order valence-corrected chi connectivity index (χ1v) is 7.75. The van der Waals surface area contributed by atoms with E-state index in [2.05, 4.69) is 15.6 Å². The van der Waals surface area contributed by atoms with Gasteiger partial charge in [0.2, 0.25) is 0 Å². The van der Waals surface area contributed by atoms with Crippen LogP contribution in [0.1, 0.15) is 30.9 Å². The minimum Gasteiger partial charge on any atom is -0.392 e. The molecule has 1 aromatic carbocycles. The molecule has 23 heavy (non-hydrogen) atoms. The standard InChI is InChI=1S/C16H24FN3O2.HI/c1-2-18-16(20-10-14-4-3-7-22-14)19-9-12-5-6-15(17)13(8-12)11-21;/h5-6,8,14,21H,2-4,7,9-11H2,1H3,(H2,18,19,20);1H. The van der Waals surface area contributed by atoms with Gasteiger partial charge in [-0.2, -0.15) is 0 Å². The Balaban J connectivity index is 0.00000264. The summed E-state index contributed by atoms with van der Waals surface area (Å²) >= 11 is 0. The van der Waals surface area contributed by atoms with Crippen LogP contribution >= 0.6 is 24.0 Å². The van der Waals surface area contributed by atoms with E-state index in [1.54, 1.807) is 12.1 Å². The zero-order chi connectivity index (χ0) is 15.8. The van der Waals surface area contributed by atoms with Gasteiger partial charge in [-0.1, -0.05) is 6.07 Å². The third-order valence-corrected chi connectivity index (χ3v) is 3.57. The molecule has 1 aromatic rings. The van der Waals surface area contributed by atoms with Gasteiger partial charge in [0.25, 0.3) is 0 Å². The summed E-state index contributed by atoms with van der Waals surface area (Å²) in [6, 6.07) is 4.69. The summed E-state index contributed by atoms with van der Waals surface area (Å²) in [5, 5.41) is 15.5. The Kier molecular flexibility index (Phi) is 9.42. The third-order valence-electron chi connectivity index (χ3n) is 3.57. The number of aliphatic hydroxyl groups excluding tert-OH is 1. The van der Waals surface area contributed by atoms with Gasteiger partial charge in [-0.3, -0.25) is 0 Å². The van der Waals surface area contributed by atoms with E-state index in [0.717, 1.165) is 38.1 Å². The number of rotatable bonds is 6. The number of nitrogens with zero attached hydrogens (tertiary/aromatic N) is 1. The Morgan fingerprint density at radius 1 is 1.43 bits per heavy atom. The van der Waals surface area contributed by atoms with Gasteiger partial charge in [0, 0.05) is 25.3 Å². The average Bonchev–Trinajstić information content (AvgIpc) is 3.04. The number of benzene rings is 1. The van der Waals surface area contributed by atoms with Crippen molar-refractivity contribution in [2.24, 2.45) is 4.99 Å². The van der Waals surface area contributed by atoms with E-state index in [0.29, 0.717) is 18.1 Å². The highest BCUT2D eigenvalue weighted by molar-refractivity contribution is 14.0. The fourth-order valence-electron chi connectivity index (χ4n) is 2.38. The van der Waals surface area contributed by atoms with Gasteiger partial charge in [-0.25, -0.2) is 9.38 Å². The first-order valence-electron chi connectivity index (χ1n) is 7.75. The van der Waals surface area contributed by atoms with Crippen LogP contribution in [0.4, 0.5) is 4.39 Å². The van der Waals surface area contributed by atoms with Crippen LogP contribution in [0.3, 0.4) is 0 Å². The van der Waals surface area contributed by atoms with Crippen LogP contribution in [0.5, 0.6) is 0 Å². The van der Waals surface area contributed by atoms with Crippen molar-refractivity contribution in [1.29, 1.82) is 0 Å². The van der Waals surface area contributed by atoms with E-state index in [4.69, 9.17) is 9.84 Å². The van der Waals surface area contributed by atoms with Gasteiger partial charge in [0.1, 0.15) is 5.82 Å². The van der Waals surface area contributed by atoms with Crippen molar-refractivity contribution < 1.29 is 14.2 Å². The summed E-state index contributed by atoms with van der Waals surface area (Å²) in [6.45, 7) is 4.46. The summed E-state index contributed by atoms with van der Waals surface area (Å²) in [5.74, 6) is 0.325. The second-order valence-electron chi connectivity index (χ2n) is 5.29. The highest BCUT2D eigenvalue weighted by atomic mass is 127. The number of hydrogen-bond acceptors (Lipinski definition) is 3. The van der Waals surface area contributed by atoms with Gasteiger partial charge in [-0.15, -0.1) is 24.0 Å². The number of hydrogen-bond donors (Lipinski definition) is 3. The van der Waals surface area contributed by atoms with E-state index in [9.17, 15) is 4.39 Å².